The first-order valence-electron chi connectivity index (χ1n) is 13.4. The van der Waals surface area contributed by atoms with Gasteiger partial charge in [-0.05, 0) is 79.2 Å². The second kappa shape index (κ2) is 12.9. The maximum atomic E-state index is 12.5. The first-order chi connectivity index (χ1) is 20.1. The van der Waals surface area contributed by atoms with Gasteiger partial charge in [0.05, 0.1) is 32.1 Å². The molecule has 0 aliphatic heterocycles. The van der Waals surface area contributed by atoms with Gasteiger partial charge in [-0.1, -0.05) is 36.4 Å². The average Bonchev–Trinajstić information content (AvgIpc) is 3.40. The lowest BCUT2D eigenvalue weighted by Gasteiger charge is -2.26. The smallest absolute Gasteiger partial charge is 0.338 e. The van der Waals surface area contributed by atoms with Crippen LogP contribution in [0, 0.1) is 6.92 Å². The zero-order chi connectivity index (χ0) is 28.6. The van der Waals surface area contributed by atoms with E-state index in [1.807, 2.05) is 97.9 Å². The molecule has 0 N–H and O–H groups in total. The number of carbonyl (C=O) groups is 1. The highest BCUT2D eigenvalue weighted by Crippen LogP contribution is 2.31. The standard InChI is InChI=1S/C34H32N2O5/c1-24-32(35-33(41-24)25-10-6-4-7-11-25)20-21-40-29-16-14-28(15-17-29)36(27-12-8-5-9-13-27)23-26-22-30(38-2)18-19-31(26)34(37)39-3/h4-19,22H,20-21,23H2,1-3H3. The second-order valence-electron chi connectivity index (χ2n) is 9.42. The highest BCUT2D eigenvalue weighted by molar-refractivity contribution is 5.91. The van der Waals surface area contributed by atoms with Crippen molar-refractivity contribution in [1.29, 1.82) is 0 Å². The number of aromatic nitrogens is 1. The summed E-state index contributed by atoms with van der Waals surface area (Å²) in [5, 5.41) is 0. The number of methoxy groups -OCH3 is 2. The van der Waals surface area contributed by atoms with Crippen LogP contribution in [-0.4, -0.2) is 31.8 Å². The lowest BCUT2D eigenvalue weighted by molar-refractivity contribution is 0.0599. The largest absolute Gasteiger partial charge is 0.497 e. The zero-order valence-corrected chi connectivity index (χ0v) is 23.4. The van der Waals surface area contributed by atoms with Crippen LogP contribution < -0.4 is 14.4 Å². The van der Waals surface area contributed by atoms with Crippen LogP contribution in [0.2, 0.25) is 0 Å². The molecule has 5 aromatic rings. The molecule has 1 heterocycles. The highest BCUT2D eigenvalue weighted by atomic mass is 16.5. The Hall–Kier alpha value is -5.04. The third-order valence-electron chi connectivity index (χ3n) is 6.78. The molecule has 208 valence electrons. The Morgan fingerprint density at radius 3 is 2.17 bits per heavy atom. The van der Waals surface area contributed by atoms with E-state index in [0.29, 0.717) is 36.8 Å². The molecule has 0 saturated carbocycles. The van der Waals surface area contributed by atoms with Gasteiger partial charge in [-0.3, -0.25) is 0 Å². The summed E-state index contributed by atoms with van der Waals surface area (Å²) in [4.78, 5) is 19.3. The molecule has 4 aromatic carbocycles. The molecule has 5 rings (SSSR count). The van der Waals surface area contributed by atoms with Crippen molar-refractivity contribution in [3.05, 3.63) is 126 Å². The summed E-state index contributed by atoms with van der Waals surface area (Å²) in [5.41, 5.74) is 5.05. The van der Waals surface area contributed by atoms with Crippen LogP contribution >= 0.6 is 0 Å². The van der Waals surface area contributed by atoms with Crippen molar-refractivity contribution in [1.82, 2.24) is 4.98 Å². The zero-order valence-electron chi connectivity index (χ0n) is 23.4. The Balaban J connectivity index is 1.31. The first kappa shape index (κ1) is 27.5. The summed E-state index contributed by atoms with van der Waals surface area (Å²) in [6, 6.07) is 33.2. The Morgan fingerprint density at radius 2 is 1.49 bits per heavy atom. The molecule has 0 bridgehead atoms. The van der Waals surface area contributed by atoms with Crippen molar-refractivity contribution in [3.8, 4) is 23.0 Å². The van der Waals surface area contributed by atoms with E-state index >= 15 is 0 Å². The normalized spacial score (nSPS) is 10.7. The molecule has 0 atom stereocenters. The number of hydrogen-bond donors (Lipinski definition) is 0. The van der Waals surface area contributed by atoms with E-state index in [4.69, 9.17) is 18.6 Å². The summed E-state index contributed by atoms with van der Waals surface area (Å²) < 4.78 is 22.4. The van der Waals surface area contributed by atoms with Crippen molar-refractivity contribution < 1.29 is 23.4 Å². The van der Waals surface area contributed by atoms with Crippen LogP contribution in [0.4, 0.5) is 11.4 Å². The predicted octanol–water partition coefficient (Wildman–Crippen LogP) is 7.41. The van der Waals surface area contributed by atoms with E-state index in [-0.39, 0.29) is 0 Å². The maximum absolute atomic E-state index is 12.5. The fourth-order valence-corrected chi connectivity index (χ4v) is 4.60. The molecule has 0 aliphatic rings. The molecular weight excluding hydrogens is 516 g/mol. The first-order valence-corrected chi connectivity index (χ1v) is 13.4. The Kier molecular flexibility index (Phi) is 8.64. The van der Waals surface area contributed by atoms with Crippen molar-refractivity contribution in [2.75, 3.05) is 25.7 Å². The molecule has 7 heteroatoms. The van der Waals surface area contributed by atoms with Crippen molar-refractivity contribution >= 4 is 17.3 Å². The van der Waals surface area contributed by atoms with Gasteiger partial charge in [0, 0.05) is 29.9 Å². The molecule has 0 spiro atoms. The molecule has 0 amide bonds. The van der Waals surface area contributed by atoms with Gasteiger partial charge in [0.1, 0.15) is 17.3 Å². The average molecular weight is 549 g/mol. The minimum Gasteiger partial charge on any atom is -0.497 e. The number of nitrogens with zero attached hydrogens (tertiary/aromatic N) is 2. The SMILES string of the molecule is COC(=O)c1ccc(OC)cc1CN(c1ccccc1)c1ccc(OCCc2nc(-c3ccccc3)oc2C)cc1. The molecular formula is C34H32N2O5. The van der Waals surface area contributed by atoms with Gasteiger partial charge in [0.2, 0.25) is 5.89 Å². The Labute approximate surface area is 239 Å². The molecule has 0 radical (unpaired) electrons. The fourth-order valence-electron chi connectivity index (χ4n) is 4.60. The predicted molar refractivity (Wildman–Crippen MR) is 159 cm³/mol. The number of ether oxygens (including phenoxy) is 3. The number of esters is 1. The number of oxazole rings is 1. The Morgan fingerprint density at radius 1 is 0.829 bits per heavy atom. The molecule has 0 fully saturated rings. The molecule has 1 aromatic heterocycles. The maximum Gasteiger partial charge on any atom is 0.338 e. The summed E-state index contributed by atoms with van der Waals surface area (Å²) in [5.74, 6) is 2.45. The van der Waals surface area contributed by atoms with Gasteiger partial charge in [0.25, 0.3) is 0 Å². The number of rotatable bonds is 11. The van der Waals surface area contributed by atoms with Gasteiger partial charge in [-0.2, -0.15) is 0 Å². The van der Waals surface area contributed by atoms with Crippen molar-refractivity contribution in [3.63, 3.8) is 0 Å². The second-order valence-corrected chi connectivity index (χ2v) is 9.42. The molecule has 0 aliphatic carbocycles. The summed E-state index contributed by atoms with van der Waals surface area (Å²) in [6.07, 6.45) is 0.631. The van der Waals surface area contributed by atoms with Crippen LogP contribution in [0.5, 0.6) is 11.5 Å². The van der Waals surface area contributed by atoms with Crippen LogP contribution in [0.15, 0.2) is 108 Å². The van der Waals surface area contributed by atoms with Gasteiger partial charge in [-0.25, -0.2) is 9.78 Å². The number of para-hydroxylation sites is 1. The summed E-state index contributed by atoms with van der Waals surface area (Å²) in [6.45, 7) is 2.83. The van der Waals surface area contributed by atoms with E-state index in [2.05, 4.69) is 9.88 Å². The molecule has 7 nitrogen and oxygen atoms in total. The highest BCUT2D eigenvalue weighted by Gasteiger charge is 2.18. The molecule has 41 heavy (non-hydrogen) atoms. The number of carbonyl (C=O) groups excluding carboxylic acids is 1. The summed E-state index contributed by atoms with van der Waals surface area (Å²) >= 11 is 0. The van der Waals surface area contributed by atoms with Crippen LogP contribution in [0.25, 0.3) is 11.5 Å². The van der Waals surface area contributed by atoms with Crippen LogP contribution in [-0.2, 0) is 17.7 Å². The lowest BCUT2D eigenvalue weighted by Crippen LogP contribution is -2.19. The number of anilines is 2. The van der Waals surface area contributed by atoms with E-state index in [1.165, 1.54) is 7.11 Å². The van der Waals surface area contributed by atoms with E-state index in [9.17, 15) is 4.79 Å². The van der Waals surface area contributed by atoms with Crippen molar-refractivity contribution in [2.24, 2.45) is 0 Å². The van der Waals surface area contributed by atoms with Crippen molar-refractivity contribution in [2.45, 2.75) is 19.9 Å². The minimum absolute atomic E-state index is 0.391. The van der Waals surface area contributed by atoms with E-state index < -0.39 is 5.97 Å². The van der Waals surface area contributed by atoms with E-state index in [1.54, 1.807) is 19.2 Å². The quantitative estimate of drug-likeness (QED) is 0.159. The number of hydrogen-bond acceptors (Lipinski definition) is 7. The lowest BCUT2D eigenvalue weighted by atomic mass is 10.1. The topological polar surface area (TPSA) is 74.0 Å². The van der Waals surface area contributed by atoms with Gasteiger partial charge in [-0.15, -0.1) is 0 Å². The number of benzene rings is 4. The van der Waals surface area contributed by atoms with Gasteiger partial charge in [0.15, 0.2) is 0 Å². The van der Waals surface area contributed by atoms with E-state index in [0.717, 1.165) is 39.7 Å². The monoisotopic (exact) mass is 548 g/mol. The summed E-state index contributed by atoms with van der Waals surface area (Å²) in [7, 11) is 2.99. The third kappa shape index (κ3) is 6.58. The molecule has 0 unspecified atom stereocenters. The minimum atomic E-state index is -0.391. The molecule has 0 saturated heterocycles. The van der Waals surface area contributed by atoms with Gasteiger partial charge < -0.3 is 23.5 Å². The number of aryl methyl sites for hydroxylation is 1. The van der Waals surface area contributed by atoms with Gasteiger partial charge >= 0.3 is 5.97 Å². The third-order valence-corrected chi connectivity index (χ3v) is 6.78. The van der Waals surface area contributed by atoms with Crippen LogP contribution in [0.1, 0.15) is 27.4 Å². The van der Waals surface area contributed by atoms with Crippen LogP contribution in [0.3, 0.4) is 0 Å². The fraction of sp³-hybridized carbons (Fsp3) is 0.176. The Bertz CT molecular complexity index is 1580.